The van der Waals surface area contributed by atoms with Crippen molar-refractivity contribution in [2.24, 2.45) is 0 Å². The molecule has 0 atom stereocenters. The third-order valence-electron chi connectivity index (χ3n) is 8.94. The molecule has 0 spiro atoms. The molecule has 0 saturated carbocycles. The minimum atomic E-state index is -0.612. The largest absolute Gasteiger partial charge is 0.438 e. The Morgan fingerprint density at radius 1 is 0.768 bits per heavy atom. The van der Waals surface area contributed by atoms with E-state index < -0.39 is 17.5 Å². The minimum Gasteiger partial charge on any atom is -0.438 e. The molecule has 4 aromatic rings. The highest BCUT2D eigenvalue weighted by Crippen LogP contribution is 2.29. The second kappa shape index (κ2) is 20.9. The van der Waals surface area contributed by atoms with Crippen LogP contribution in [0, 0.1) is 11.6 Å². The van der Waals surface area contributed by atoms with Gasteiger partial charge < -0.3 is 35.2 Å². The van der Waals surface area contributed by atoms with E-state index in [4.69, 9.17) is 9.47 Å². The van der Waals surface area contributed by atoms with E-state index >= 15 is 0 Å². The molecule has 0 unspecified atom stereocenters. The summed E-state index contributed by atoms with van der Waals surface area (Å²) in [6, 6.07) is 17.1. The van der Waals surface area contributed by atoms with Crippen LogP contribution < -0.4 is 25.4 Å². The standard InChI is InChI=1S/C22H27FN4O3S.C18H20FN3O2S/c1-26(2)14-20(28)27-9-7-16(8-10-27)25-21(29)19-11-15(23)13-24-22(19)30-17-5-4-6-18(12-17)31-3;1-25-15-4-2-3-14(10-15)24-18-16(9-12(19)11-21-18)17(23)22-13-5-7-20-8-6-13/h4-6,11-13,16H,7-10,14H2,1-3H3,(H,25,29);2-4,9-11,13,20H,5-8H2,1H3,(H,22,23). The number of amides is 3. The van der Waals surface area contributed by atoms with Crippen LogP contribution in [0.3, 0.4) is 0 Å². The quantitative estimate of drug-likeness (QED) is 0.141. The number of aromatic nitrogens is 2. The summed E-state index contributed by atoms with van der Waals surface area (Å²) in [5.41, 5.74) is 0.147. The number of piperidine rings is 2. The maximum absolute atomic E-state index is 13.8. The van der Waals surface area contributed by atoms with Gasteiger partial charge in [-0.25, -0.2) is 18.7 Å². The zero-order valence-corrected chi connectivity index (χ0v) is 33.5. The van der Waals surface area contributed by atoms with Gasteiger partial charge in [-0.05, 0) is 114 Å². The average Bonchev–Trinajstić information content (AvgIpc) is 3.20. The summed E-state index contributed by atoms with van der Waals surface area (Å²) in [4.78, 5) is 51.3. The van der Waals surface area contributed by atoms with Crippen molar-refractivity contribution in [2.75, 3.05) is 59.3 Å². The SMILES string of the molecule is CSc1cccc(Oc2ncc(F)cc2C(=O)NC2CCN(C(=O)CN(C)C)CC2)c1.CSc1cccc(Oc2ncc(F)cc2C(=O)NC2CCNCC2)c1. The van der Waals surface area contributed by atoms with Crippen LogP contribution in [0.5, 0.6) is 23.3 Å². The lowest BCUT2D eigenvalue weighted by molar-refractivity contribution is -0.132. The van der Waals surface area contributed by atoms with E-state index in [0.29, 0.717) is 44.0 Å². The van der Waals surface area contributed by atoms with Crippen LogP contribution in [-0.2, 0) is 4.79 Å². The highest BCUT2D eigenvalue weighted by molar-refractivity contribution is 7.98. The lowest BCUT2D eigenvalue weighted by Gasteiger charge is -2.33. The molecule has 2 fully saturated rings. The molecular weight excluding hydrogens is 761 g/mol. The summed E-state index contributed by atoms with van der Waals surface area (Å²) in [7, 11) is 3.71. The average molecular weight is 808 g/mol. The maximum atomic E-state index is 13.8. The molecule has 0 bridgehead atoms. The number of likely N-dealkylation sites (tertiary alicyclic amines) is 1. The van der Waals surface area contributed by atoms with Crippen LogP contribution in [0.1, 0.15) is 46.4 Å². The van der Waals surface area contributed by atoms with Gasteiger partial charge in [-0.15, -0.1) is 23.5 Å². The number of rotatable bonds is 12. The van der Waals surface area contributed by atoms with E-state index in [1.807, 2.05) is 67.9 Å². The van der Waals surface area contributed by atoms with Gasteiger partial charge in [0, 0.05) is 35.0 Å². The van der Waals surface area contributed by atoms with Crippen LogP contribution in [-0.4, -0.2) is 109 Å². The van der Waals surface area contributed by atoms with Gasteiger partial charge in [0.2, 0.25) is 17.7 Å². The highest BCUT2D eigenvalue weighted by Gasteiger charge is 2.26. The molecule has 2 aromatic carbocycles. The predicted octanol–water partition coefficient (Wildman–Crippen LogP) is 6.23. The first kappa shape index (κ1) is 42.4. The zero-order valence-electron chi connectivity index (χ0n) is 31.8. The fraction of sp³-hybridized carbons (Fsp3) is 0.375. The molecular formula is C40H47F2N7O5S2. The molecule has 2 aliphatic heterocycles. The molecule has 2 aliphatic rings. The fourth-order valence-electron chi connectivity index (χ4n) is 6.03. The van der Waals surface area contributed by atoms with Crippen molar-refractivity contribution in [3.05, 3.63) is 95.8 Å². The number of likely N-dealkylation sites (N-methyl/N-ethyl adjacent to an activating group) is 1. The molecule has 3 N–H and O–H groups in total. The first-order chi connectivity index (χ1) is 27.0. The number of pyridine rings is 2. The smallest absolute Gasteiger partial charge is 0.257 e. The number of halogens is 2. The van der Waals surface area contributed by atoms with Crippen LogP contribution in [0.2, 0.25) is 0 Å². The van der Waals surface area contributed by atoms with Crippen LogP contribution in [0.25, 0.3) is 0 Å². The summed E-state index contributed by atoms with van der Waals surface area (Å²) in [6.07, 6.45) is 8.97. The van der Waals surface area contributed by atoms with Crippen molar-refractivity contribution in [3.8, 4) is 23.3 Å². The van der Waals surface area contributed by atoms with Crippen LogP contribution >= 0.6 is 23.5 Å². The zero-order chi connectivity index (χ0) is 40.0. The van der Waals surface area contributed by atoms with E-state index in [1.54, 1.807) is 40.6 Å². The molecule has 3 amide bonds. The Hall–Kier alpha value is -4.77. The lowest BCUT2D eigenvalue weighted by Crippen LogP contribution is -2.48. The number of thioether (sulfide) groups is 2. The number of benzene rings is 2. The van der Waals surface area contributed by atoms with Gasteiger partial charge in [0.1, 0.15) is 34.3 Å². The normalized spacial score (nSPS) is 14.7. The Labute approximate surface area is 334 Å². The van der Waals surface area contributed by atoms with Crippen molar-refractivity contribution < 1.29 is 32.6 Å². The van der Waals surface area contributed by atoms with Gasteiger partial charge in [-0.2, -0.15) is 0 Å². The van der Waals surface area contributed by atoms with E-state index in [2.05, 4.69) is 25.9 Å². The molecule has 0 radical (unpaired) electrons. The minimum absolute atomic E-state index is 0.0423. The number of carbonyl (C=O) groups is 3. The Bertz CT molecular complexity index is 1960. The monoisotopic (exact) mass is 807 g/mol. The van der Waals surface area contributed by atoms with Gasteiger partial charge in [0.25, 0.3) is 11.8 Å². The molecule has 4 heterocycles. The molecule has 16 heteroatoms. The highest BCUT2D eigenvalue weighted by atomic mass is 32.2. The summed E-state index contributed by atoms with van der Waals surface area (Å²) < 4.78 is 39.0. The topological polar surface area (TPSA) is 138 Å². The number of hydrogen-bond acceptors (Lipinski definition) is 11. The molecule has 12 nitrogen and oxygen atoms in total. The fourth-order valence-corrected chi connectivity index (χ4v) is 6.93. The molecule has 6 rings (SSSR count). The molecule has 298 valence electrons. The third-order valence-corrected chi connectivity index (χ3v) is 10.4. The summed E-state index contributed by atoms with van der Waals surface area (Å²) >= 11 is 3.15. The number of carbonyl (C=O) groups excluding carboxylic acids is 3. The molecule has 2 saturated heterocycles. The van der Waals surface area contributed by atoms with Gasteiger partial charge >= 0.3 is 0 Å². The third kappa shape index (κ3) is 12.6. The Morgan fingerprint density at radius 3 is 1.68 bits per heavy atom. The van der Waals surface area contributed by atoms with E-state index in [0.717, 1.165) is 60.2 Å². The summed E-state index contributed by atoms with van der Waals surface area (Å²) in [5.74, 6) is -0.681. The van der Waals surface area contributed by atoms with Crippen molar-refractivity contribution in [1.29, 1.82) is 0 Å². The molecule has 0 aliphatic carbocycles. The van der Waals surface area contributed by atoms with Crippen LogP contribution in [0.15, 0.2) is 82.8 Å². The second-order valence-corrected chi connectivity index (χ2v) is 15.2. The van der Waals surface area contributed by atoms with Gasteiger partial charge in [-0.1, -0.05) is 12.1 Å². The van der Waals surface area contributed by atoms with E-state index in [1.165, 1.54) is 0 Å². The second-order valence-electron chi connectivity index (χ2n) is 13.4. The number of ether oxygens (including phenoxy) is 2. The Kier molecular flexibility index (Phi) is 15.9. The number of hydrogen-bond donors (Lipinski definition) is 3. The first-order valence-electron chi connectivity index (χ1n) is 18.2. The van der Waals surface area contributed by atoms with Crippen molar-refractivity contribution in [1.82, 2.24) is 35.7 Å². The Morgan fingerprint density at radius 2 is 1.23 bits per heavy atom. The summed E-state index contributed by atoms with van der Waals surface area (Å²) in [5, 5.41) is 9.12. The maximum Gasteiger partial charge on any atom is 0.257 e. The first-order valence-corrected chi connectivity index (χ1v) is 20.7. The van der Waals surface area contributed by atoms with Gasteiger partial charge in [0.05, 0.1) is 18.9 Å². The number of nitrogens with one attached hydrogen (secondary N) is 3. The van der Waals surface area contributed by atoms with Crippen LogP contribution in [0.4, 0.5) is 8.78 Å². The Balaban J connectivity index is 0.000000219. The molecule has 2 aromatic heterocycles. The van der Waals surface area contributed by atoms with E-state index in [9.17, 15) is 23.2 Å². The van der Waals surface area contributed by atoms with Gasteiger partial charge in [-0.3, -0.25) is 14.4 Å². The van der Waals surface area contributed by atoms with Gasteiger partial charge in [0.15, 0.2) is 0 Å². The predicted molar refractivity (Wildman–Crippen MR) is 214 cm³/mol. The lowest BCUT2D eigenvalue weighted by atomic mass is 10.0. The van der Waals surface area contributed by atoms with E-state index in [-0.39, 0.29) is 46.8 Å². The van der Waals surface area contributed by atoms with Crippen molar-refractivity contribution in [2.45, 2.75) is 47.6 Å². The van der Waals surface area contributed by atoms with Crippen molar-refractivity contribution >= 4 is 41.2 Å². The number of nitrogens with zero attached hydrogens (tertiary/aromatic N) is 4. The van der Waals surface area contributed by atoms with Crippen molar-refractivity contribution in [3.63, 3.8) is 0 Å². The summed E-state index contributed by atoms with van der Waals surface area (Å²) in [6.45, 7) is 3.23. The molecule has 56 heavy (non-hydrogen) atoms.